The van der Waals surface area contributed by atoms with E-state index in [2.05, 4.69) is 5.32 Å². The second-order valence-corrected chi connectivity index (χ2v) is 4.05. The second kappa shape index (κ2) is 6.47. The monoisotopic (exact) mass is 273 g/mol. The van der Waals surface area contributed by atoms with E-state index in [1.54, 1.807) is 43.5 Å². The van der Waals surface area contributed by atoms with E-state index in [0.717, 1.165) is 5.75 Å². The molecule has 0 aromatic heterocycles. The van der Waals surface area contributed by atoms with Crippen LogP contribution < -0.4 is 14.8 Å². The van der Waals surface area contributed by atoms with Crippen LogP contribution in [0.4, 0.5) is 5.69 Å². The normalized spacial score (nSPS) is 9.85. The number of ether oxygens (including phenoxy) is 2. The highest BCUT2D eigenvalue weighted by Gasteiger charge is 2.01. The number of hydrogen-bond donors (Lipinski definition) is 2. The molecule has 2 rings (SSSR count). The van der Waals surface area contributed by atoms with Crippen LogP contribution in [-0.4, -0.2) is 24.7 Å². The molecule has 0 amide bonds. The summed E-state index contributed by atoms with van der Waals surface area (Å²) in [4.78, 5) is 10.5. The topological polar surface area (TPSA) is 67.8 Å². The quantitative estimate of drug-likeness (QED) is 0.846. The highest BCUT2D eigenvalue weighted by Crippen LogP contribution is 2.25. The average molecular weight is 273 g/mol. The summed E-state index contributed by atoms with van der Waals surface area (Å²) in [6, 6.07) is 14.3. The Hall–Kier alpha value is -2.69. The third kappa shape index (κ3) is 3.91. The van der Waals surface area contributed by atoms with Crippen LogP contribution in [0.3, 0.4) is 0 Å². The molecule has 5 heteroatoms. The van der Waals surface area contributed by atoms with Gasteiger partial charge < -0.3 is 19.9 Å². The highest BCUT2D eigenvalue weighted by molar-refractivity contribution is 5.72. The van der Waals surface area contributed by atoms with Crippen LogP contribution in [0.2, 0.25) is 0 Å². The van der Waals surface area contributed by atoms with Crippen LogP contribution in [0.1, 0.15) is 0 Å². The summed E-state index contributed by atoms with van der Waals surface area (Å²) in [6.45, 7) is -0.133. The summed E-state index contributed by atoms with van der Waals surface area (Å²) in [7, 11) is 1.60. The van der Waals surface area contributed by atoms with E-state index in [4.69, 9.17) is 14.6 Å². The van der Waals surface area contributed by atoms with Crippen molar-refractivity contribution in [3.05, 3.63) is 48.5 Å². The number of rotatable bonds is 6. The highest BCUT2D eigenvalue weighted by atomic mass is 16.5. The molecular weight excluding hydrogens is 258 g/mol. The second-order valence-electron chi connectivity index (χ2n) is 4.05. The molecule has 0 radical (unpaired) electrons. The number of anilines is 1. The molecule has 0 fully saturated rings. The lowest BCUT2D eigenvalue weighted by Crippen LogP contribution is -2.12. The maximum atomic E-state index is 10.5. The van der Waals surface area contributed by atoms with Gasteiger partial charge in [-0.15, -0.1) is 0 Å². The Morgan fingerprint density at radius 3 is 2.45 bits per heavy atom. The number of carbonyl (C=O) groups is 1. The third-order valence-corrected chi connectivity index (χ3v) is 2.57. The minimum atomic E-state index is -0.911. The molecule has 0 aliphatic rings. The molecule has 2 N–H and O–H groups in total. The molecule has 0 heterocycles. The predicted molar refractivity (Wildman–Crippen MR) is 75.6 cm³/mol. The number of aliphatic carboxylic acids is 1. The number of nitrogens with one attached hydrogen (secondary N) is 1. The smallest absolute Gasteiger partial charge is 0.322 e. The van der Waals surface area contributed by atoms with Gasteiger partial charge in [0.05, 0.1) is 7.11 Å². The van der Waals surface area contributed by atoms with Gasteiger partial charge in [0.15, 0.2) is 0 Å². The van der Waals surface area contributed by atoms with Crippen molar-refractivity contribution in [1.29, 1.82) is 0 Å². The van der Waals surface area contributed by atoms with Crippen molar-refractivity contribution in [1.82, 2.24) is 0 Å². The summed E-state index contributed by atoms with van der Waals surface area (Å²) >= 11 is 0. The van der Waals surface area contributed by atoms with E-state index >= 15 is 0 Å². The maximum absolute atomic E-state index is 10.5. The van der Waals surface area contributed by atoms with Gasteiger partial charge in [0.25, 0.3) is 0 Å². The van der Waals surface area contributed by atoms with Crippen LogP contribution in [0.15, 0.2) is 48.5 Å². The lowest BCUT2D eigenvalue weighted by Gasteiger charge is -2.09. The molecule has 5 nitrogen and oxygen atoms in total. The number of methoxy groups -OCH3 is 1. The molecule has 0 spiro atoms. The van der Waals surface area contributed by atoms with Crippen LogP contribution in [-0.2, 0) is 4.79 Å². The Morgan fingerprint density at radius 2 is 1.80 bits per heavy atom. The van der Waals surface area contributed by atoms with Crippen molar-refractivity contribution in [3.63, 3.8) is 0 Å². The molecule has 2 aromatic carbocycles. The predicted octanol–water partition coefficient (Wildman–Crippen LogP) is 2.98. The zero-order valence-corrected chi connectivity index (χ0v) is 11.0. The molecule has 20 heavy (non-hydrogen) atoms. The number of carboxylic acids is 1. The fourth-order valence-electron chi connectivity index (χ4n) is 1.63. The summed E-state index contributed by atoms with van der Waals surface area (Å²) in [6.07, 6.45) is 0. The van der Waals surface area contributed by atoms with Crippen molar-refractivity contribution in [2.24, 2.45) is 0 Å². The first-order chi connectivity index (χ1) is 9.67. The Bertz CT molecular complexity index is 581. The standard InChI is InChI=1S/C15H15NO4/c1-19-12-5-7-13(8-6-12)20-14-4-2-3-11(9-14)16-10-15(17)18/h2-9,16H,10H2,1H3,(H,17,18). The Morgan fingerprint density at radius 1 is 1.10 bits per heavy atom. The fraction of sp³-hybridized carbons (Fsp3) is 0.133. The van der Waals surface area contributed by atoms with E-state index in [1.807, 2.05) is 12.1 Å². The zero-order valence-electron chi connectivity index (χ0n) is 11.0. The number of hydrogen-bond acceptors (Lipinski definition) is 4. The molecule has 0 bridgehead atoms. The lowest BCUT2D eigenvalue weighted by molar-refractivity contribution is -0.134. The van der Waals surface area contributed by atoms with Gasteiger partial charge in [0.1, 0.15) is 23.8 Å². The van der Waals surface area contributed by atoms with E-state index in [0.29, 0.717) is 17.2 Å². The SMILES string of the molecule is COc1ccc(Oc2cccc(NCC(=O)O)c2)cc1. The van der Waals surface area contributed by atoms with E-state index in [1.165, 1.54) is 0 Å². The molecule has 104 valence electrons. The molecule has 0 saturated heterocycles. The zero-order chi connectivity index (χ0) is 14.4. The molecule has 0 atom stereocenters. The van der Waals surface area contributed by atoms with Gasteiger partial charge >= 0.3 is 5.97 Å². The largest absolute Gasteiger partial charge is 0.497 e. The van der Waals surface area contributed by atoms with Gasteiger partial charge in [0, 0.05) is 11.8 Å². The number of carboxylic acid groups (broad SMARTS) is 1. The van der Waals surface area contributed by atoms with Gasteiger partial charge in [-0.25, -0.2) is 0 Å². The third-order valence-electron chi connectivity index (χ3n) is 2.57. The minimum absolute atomic E-state index is 0.133. The van der Waals surface area contributed by atoms with Crippen molar-refractivity contribution in [2.75, 3.05) is 19.0 Å². The van der Waals surface area contributed by atoms with E-state index in [-0.39, 0.29) is 6.54 Å². The Balaban J connectivity index is 2.04. The first kappa shape index (κ1) is 13.7. The average Bonchev–Trinajstić information content (AvgIpc) is 2.46. The van der Waals surface area contributed by atoms with Gasteiger partial charge in [-0.1, -0.05) is 6.07 Å². The van der Waals surface area contributed by atoms with Crippen molar-refractivity contribution < 1.29 is 19.4 Å². The molecular formula is C15H15NO4. The molecule has 0 aliphatic heterocycles. The Kier molecular flexibility index (Phi) is 4.44. The van der Waals surface area contributed by atoms with Crippen LogP contribution in [0.25, 0.3) is 0 Å². The van der Waals surface area contributed by atoms with E-state index < -0.39 is 5.97 Å². The summed E-state index contributed by atoms with van der Waals surface area (Å²) in [5, 5.41) is 11.4. The van der Waals surface area contributed by atoms with Gasteiger partial charge in [-0.3, -0.25) is 4.79 Å². The molecule has 0 unspecified atom stereocenters. The number of benzene rings is 2. The summed E-state index contributed by atoms with van der Waals surface area (Å²) < 4.78 is 10.8. The minimum Gasteiger partial charge on any atom is -0.497 e. The van der Waals surface area contributed by atoms with Crippen molar-refractivity contribution in [2.45, 2.75) is 0 Å². The summed E-state index contributed by atoms with van der Waals surface area (Å²) in [5.74, 6) is 1.16. The van der Waals surface area contributed by atoms with Crippen LogP contribution in [0.5, 0.6) is 17.2 Å². The van der Waals surface area contributed by atoms with Crippen molar-refractivity contribution >= 4 is 11.7 Å². The maximum Gasteiger partial charge on any atom is 0.322 e. The molecule has 0 saturated carbocycles. The molecule has 0 aliphatic carbocycles. The fourth-order valence-corrected chi connectivity index (χ4v) is 1.63. The lowest BCUT2D eigenvalue weighted by atomic mass is 10.3. The van der Waals surface area contributed by atoms with Gasteiger partial charge in [0.2, 0.25) is 0 Å². The summed E-state index contributed by atoms with van der Waals surface area (Å²) in [5.41, 5.74) is 0.693. The molecule has 2 aromatic rings. The Labute approximate surface area is 116 Å². The van der Waals surface area contributed by atoms with E-state index in [9.17, 15) is 4.79 Å². The first-order valence-corrected chi connectivity index (χ1v) is 6.05. The van der Waals surface area contributed by atoms with Gasteiger partial charge in [-0.2, -0.15) is 0 Å². The van der Waals surface area contributed by atoms with Crippen LogP contribution >= 0.6 is 0 Å². The van der Waals surface area contributed by atoms with Crippen LogP contribution in [0, 0.1) is 0 Å². The van der Waals surface area contributed by atoms with Crippen molar-refractivity contribution in [3.8, 4) is 17.2 Å². The van der Waals surface area contributed by atoms with Gasteiger partial charge in [-0.05, 0) is 36.4 Å². The first-order valence-electron chi connectivity index (χ1n) is 6.05.